The second-order valence-electron chi connectivity index (χ2n) is 2.45. The molecule has 1 unspecified atom stereocenters. The van der Waals surface area contributed by atoms with Crippen molar-refractivity contribution in [1.82, 2.24) is 0 Å². The molecule has 0 saturated carbocycles. The zero-order valence-corrected chi connectivity index (χ0v) is 6.27. The van der Waals surface area contributed by atoms with Gasteiger partial charge < -0.3 is 11.5 Å². The number of rotatable bonds is 5. The summed E-state index contributed by atoms with van der Waals surface area (Å²) in [4.78, 5) is 0. The summed E-state index contributed by atoms with van der Waals surface area (Å²) in [6, 6.07) is 0.400. The fraction of sp³-hybridized carbons (Fsp3) is 1.00. The minimum absolute atomic E-state index is 0.400. The van der Waals surface area contributed by atoms with Crippen LogP contribution in [0.1, 0.15) is 32.6 Å². The van der Waals surface area contributed by atoms with E-state index in [1.165, 1.54) is 6.42 Å². The van der Waals surface area contributed by atoms with Gasteiger partial charge in [-0.15, -0.1) is 0 Å². The molecule has 0 fully saturated rings. The minimum atomic E-state index is 0.400. The van der Waals surface area contributed by atoms with Crippen molar-refractivity contribution in [3.63, 3.8) is 0 Å². The fourth-order valence-corrected chi connectivity index (χ4v) is 0.755. The third-order valence-corrected chi connectivity index (χ3v) is 1.55. The van der Waals surface area contributed by atoms with Crippen molar-refractivity contribution in [2.24, 2.45) is 11.5 Å². The topological polar surface area (TPSA) is 52.0 Å². The van der Waals surface area contributed by atoms with Crippen molar-refractivity contribution in [2.75, 3.05) is 6.54 Å². The van der Waals surface area contributed by atoms with Crippen molar-refractivity contribution in [3.8, 4) is 0 Å². The molecule has 9 heavy (non-hydrogen) atoms. The maximum absolute atomic E-state index is 5.67. The van der Waals surface area contributed by atoms with Gasteiger partial charge in [-0.2, -0.15) is 0 Å². The Morgan fingerprint density at radius 2 is 2.00 bits per heavy atom. The van der Waals surface area contributed by atoms with Gasteiger partial charge >= 0.3 is 0 Å². The van der Waals surface area contributed by atoms with Gasteiger partial charge in [0.05, 0.1) is 0 Å². The van der Waals surface area contributed by atoms with E-state index in [0.29, 0.717) is 6.04 Å². The molecule has 0 aliphatic carbocycles. The van der Waals surface area contributed by atoms with E-state index in [9.17, 15) is 0 Å². The van der Waals surface area contributed by atoms with Gasteiger partial charge in [0.2, 0.25) is 0 Å². The van der Waals surface area contributed by atoms with Crippen molar-refractivity contribution in [2.45, 2.75) is 38.6 Å². The van der Waals surface area contributed by atoms with Crippen LogP contribution in [0.5, 0.6) is 0 Å². The lowest BCUT2D eigenvalue weighted by Gasteiger charge is -2.05. The average Bonchev–Trinajstić information content (AvgIpc) is 1.89. The largest absolute Gasteiger partial charge is 0.330 e. The molecule has 0 heterocycles. The molecule has 0 radical (unpaired) electrons. The van der Waals surface area contributed by atoms with E-state index >= 15 is 0 Å². The first-order valence-corrected chi connectivity index (χ1v) is 3.77. The maximum atomic E-state index is 5.67. The Labute approximate surface area is 57.6 Å². The summed E-state index contributed by atoms with van der Waals surface area (Å²) in [6.45, 7) is 2.92. The van der Waals surface area contributed by atoms with Gasteiger partial charge in [0.1, 0.15) is 0 Å². The number of hydrogen-bond donors (Lipinski definition) is 2. The molecular formula is C7H18N2. The Kier molecular flexibility index (Phi) is 5.99. The molecule has 0 bridgehead atoms. The van der Waals surface area contributed by atoms with E-state index in [1.54, 1.807) is 0 Å². The van der Waals surface area contributed by atoms with Gasteiger partial charge in [-0.05, 0) is 25.8 Å². The Bertz CT molecular complexity index is 54.9. The van der Waals surface area contributed by atoms with Crippen LogP contribution in [0.2, 0.25) is 0 Å². The molecule has 56 valence electrons. The van der Waals surface area contributed by atoms with Crippen LogP contribution in [0.3, 0.4) is 0 Å². The van der Waals surface area contributed by atoms with Crippen molar-refractivity contribution < 1.29 is 0 Å². The molecule has 2 heteroatoms. The molecule has 0 aliphatic rings. The van der Waals surface area contributed by atoms with E-state index < -0.39 is 0 Å². The lowest BCUT2D eigenvalue weighted by Crippen LogP contribution is -2.18. The summed E-state index contributed by atoms with van der Waals surface area (Å²) in [7, 11) is 0. The third-order valence-electron chi connectivity index (χ3n) is 1.55. The number of hydrogen-bond acceptors (Lipinski definition) is 2. The molecule has 0 aromatic carbocycles. The highest BCUT2D eigenvalue weighted by molar-refractivity contribution is 4.57. The lowest BCUT2D eigenvalue weighted by atomic mass is 10.1. The second kappa shape index (κ2) is 6.05. The first-order valence-electron chi connectivity index (χ1n) is 3.77. The number of nitrogens with two attached hydrogens (primary N) is 2. The predicted octanol–water partition coefficient (Wildman–Crippen LogP) is 0.853. The Morgan fingerprint density at radius 3 is 2.44 bits per heavy atom. The molecule has 0 aromatic rings. The number of unbranched alkanes of at least 4 members (excludes halogenated alkanes) is 1. The molecule has 0 amide bonds. The standard InChI is InChI=1S/C7H18N2/c1-2-7(9)5-3-4-6-8/h7H,2-6,8-9H2,1H3. The van der Waals surface area contributed by atoms with Crippen LogP contribution < -0.4 is 11.5 Å². The molecule has 0 aliphatic heterocycles. The molecule has 0 aromatic heterocycles. The summed E-state index contributed by atoms with van der Waals surface area (Å²) in [5.41, 5.74) is 11.0. The van der Waals surface area contributed by atoms with Gasteiger partial charge in [-0.3, -0.25) is 0 Å². The molecule has 1 atom stereocenters. The zero-order chi connectivity index (χ0) is 7.11. The van der Waals surface area contributed by atoms with Crippen LogP contribution in [0, 0.1) is 0 Å². The second-order valence-corrected chi connectivity index (χ2v) is 2.45. The van der Waals surface area contributed by atoms with Gasteiger partial charge in [0, 0.05) is 6.04 Å². The Morgan fingerprint density at radius 1 is 1.33 bits per heavy atom. The van der Waals surface area contributed by atoms with Crippen LogP contribution >= 0.6 is 0 Å². The van der Waals surface area contributed by atoms with E-state index in [1.807, 2.05) is 0 Å². The highest BCUT2D eigenvalue weighted by atomic mass is 14.6. The quantitative estimate of drug-likeness (QED) is 0.542. The first kappa shape index (κ1) is 8.92. The van der Waals surface area contributed by atoms with Gasteiger partial charge in [0.15, 0.2) is 0 Å². The van der Waals surface area contributed by atoms with Crippen molar-refractivity contribution in [3.05, 3.63) is 0 Å². The summed E-state index contributed by atoms with van der Waals surface area (Å²) in [6.07, 6.45) is 4.53. The first-order chi connectivity index (χ1) is 4.31. The van der Waals surface area contributed by atoms with Gasteiger partial charge in [-0.1, -0.05) is 13.3 Å². The maximum Gasteiger partial charge on any atom is 0.00362 e. The molecule has 0 rings (SSSR count). The molecule has 0 spiro atoms. The van der Waals surface area contributed by atoms with Crippen LogP contribution in [-0.4, -0.2) is 12.6 Å². The lowest BCUT2D eigenvalue weighted by molar-refractivity contribution is 0.554. The zero-order valence-electron chi connectivity index (χ0n) is 6.27. The van der Waals surface area contributed by atoms with Gasteiger partial charge in [0.25, 0.3) is 0 Å². The molecule has 0 saturated heterocycles. The minimum Gasteiger partial charge on any atom is -0.330 e. The smallest absolute Gasteiger partial charge is 0.00362 e. The van der Waals surface area contributed by atoms with Crippen LogP contribution in [0.25, 0.3) is 0 Å². The average molecular weight is 130 g/mol. The molecule has 2 nitrogen and oxygen atoms in total. The summed E-state index contributed by atoms with van der Waals surface area (Å²) >= 11 is 0. The van der Waals surface area contributed by atoms with Crippen molar-refractivity contribution >= 4 is 0 Å². The monoisotopic (exact) mass is 130 g/mol. The molecular weight excluding hydrogens is 112 g/mol. The van der Waals surface area contributed by atoms with Gasteiger partial charge in [-0.25, -0.2) is 0 Å². The van der Waals surface area contributed by atoms with E-state index in [4.69, 9.17) is 11.5 Å². The van der Waals surface area contributed by atoms with Crippen LogP contribution in [0.15, 0.2) is 0 Å². The van der Waals surface area contributed by atoms with Crippen LogP contribution in [0.4, 0.5) is 0 Å². The normalized spacial score (nSPS) is 13.7. The summed E-state index contributed by atoms with van der Waals surface area (Å²) in [5.74, 6) is 0. The Hall–Kier alpha value is -0.0800. The fourth-order valence-electron chi connectivity index (χ4n) is 0.755. The predicted molar refractivity (Wildman–Crippen MR) is 41.2 cm³/mol. The van der Waals surface area contributed by atoms with Crippen molar-refractivity contribution in [1.29, 1.82) is 0 Å². The summed E-state index contributed by atoms with van der Waals surface area (Å²) in [5, 5.41) is 0. The van der Waals surface area contributed by atoms with Crippen LogP contribution in [-0.2, 0) is 0 Å². The molecule has 4 N–H and O–H groups in total. The SMILES string of the molecule is CCC(N)CCCCN. The third kappa shape index (κ3) is 5.80. The van der Waals surface area contributed by atoms with E-state index in [-0.39, 0.29) is 0 Å². The highest BCUT2D eigenvalue weighted by Gasteiger charge is 1.96. The summed E-state index contributed by atoms with van der Waals surface area (Å²) < 4.78 is 0. The van der Waals surface area contributed by atoms with E-state index in [0.717, 1.165) is 25.8 Å². The van der Waals surface area contributed by atoms with E-state index in [2.05, 4.69) is 6.92 Å². The highest BCUT2D eigenvalue weighted by Crippen LogP contribution is 1.99. The Balaban J connectivity index is 2.88.